The van der Waals surface area contributed by atoms with E-state index in [9.17, 15) is 8.78 Å². The Bertz CT molecular complexity index is 507. The second kappa shape index (κ2) is 6.23. The SMILES string of the molecule is CC.Cc1cncc(-n2nc(C(F)F)cc2C)c1. The Hall–Kier alpha value is -1.78. The van der Waals surface area contributed by atoms with Gasteiger partial charge < -0.3 is 0 Å². The molecule has 5 heteroatoms. The average molecular weight is 253 g/mol. The normalized spacial score (nSPS) is 10.2. The molecule has 3 nitrogen and oxygen atoms in total. The number of hydrogen-bond acceptors (Lipinski definition) is 2. The summed E-state index contributed by atoms with van der Waals surface area (Å²) in [6.07, 6.45) is 0.760. The predicted molar refractivity (Wildman–Crippen MR) is 67.1 cm³/mol. The molecule has 0 aliphatic carbocycles. The van der Waals surface area contributed by atoms with Crippen LogP contribution in [-0.4, -0.2) is 14.8 Å². The first-order chi connectivity index (χ1) is 8.58. The van der Waals surface area contributed by atoms with Crippen molar-refractivity contribution < 1.29 is 8.78 Å². The van der Waals surface area contributed by atoms with Crippen LogP contribution in [0.2, 0.25) is 0 Å². The first kappa shape index (κ1) is 14.3. The van der Waals surface area contributed by atoms with Crippen LogP contribution in [0.1, 0.15) is 37.2 Å². The Morgan fingerprint density at radius 1 is 1.11 bits per heavy atom. The minimum absolute atomic E-state index is 0.209. The molecular formula is C13H17F2N3. The topological polar surface area (TPSA) is 30.7 Å². The zero-order valence-electron chi connectivity index (χ0n) is 11.0. The first-order valence-electron chi connectivity index (χ1n) is 5.84. The predicted octanol–water partition coefficient (Wildman–Crippen LogP) is 3.85. The molecule has 0 aliphatic rings. The lowest BCUT2D eigenvalue weighted by Crippen LogP contribution is -2.00. The van der Waals surface area contributed by atoms with Gasteiger partial charge in [0.25, 0.3) is 6.43 Å². The average Bonchev–Trinajstić information content (AvgIpc) is 2.74. The van der Waals surface area contributed by atoms with Crippen LogP contribution in [0.25, 0.3) is 5.69 Å². The number of rotatable bonds is 2. The Kier molecular flexibility index (Phi) is 4.95. The van der Waals surface area contributed by atoms with Crippen LogP contribution >= 0.6 is 0 Å². The van der Waals surface area contributed by atoms with E-state index in [0.717, 1.165) is 5.56 Å². The van der Waals surface area contributed by atoms with Gasteiger partial charge in [0.2, 0.25) is 0 Å². The van der Waals surface area contributed by atoms with E-state index in [-0.39, 0.29) is 5.69 Å². The zero-order chi connectivity index (χ0) is 13.7. The Labute approximate surface area is 105 Å². The zero-order valence-corrected chi connectivity index (χ0v) is 11.0. The second-order valence-corrected chi connectivity index (χ2v) is 3.64. The standard InChI is InChI=1S/C11H11F2N3.C2H6/c1-7-3-9(6-14-5-7)16-8(2)4-10(15-16)11(12)13;1-2/h3-6,11H,1-2H3;1-2H3. The van der Waals surface area contributed by atoms with Gasteiger partial charge in [-0.15, -0.1) is 0 Å². The monoisotopic (exact) mass is 253 g/mol. The van der Waals surface area contributed by atoms with Gasteiger partial charge in [0.05, 0.1) is 11.9 Å². The van der Waals surface area contributed by atoms with Gasteiger partial charge in [-0.1, -0.05) is 13.8 Å². The van der Waals surface area contributed by atoms with Crippen molar-refractivity contribution in [2.45, 2.75) is 34.1 Å². The third-order valence-corrected chi connectivity index (χ3v) is 2.24. The molecule has 18 heavy (non-hydrogen) atoms. The van der Waals surface area contributed by atoms with Crippen molar-refractivity contribution in [3.05, 3.63) is 41.5 Å². The minimum Gasteiger partial charge on any atom is -0.262 e. The summed E-state index contributed by atoms with van der Waals surface area (Å²) in [5, 5.41) is 3.85. The van der Waals surface area contributed by atoms with E-state index in [1.807, 2.05) is 26.8 Å². The fourth-order valence-corrected chi connectivity index (χ4v) is 1.52. The van der Waals surface area contributed by atoms with Crippen LogP contribution in [0, 0.1) is 13.8 Å². The smallest absolute Gasteiger partial charge is 0.262 e. The quantitative estimate of drug-likeness (QED) is 0.814. The van der Waals surface area contributed by atoms with Gasteiger partial charge in [-0.25, -0.2) is 13.5 Å². The molecule has 0 N–H and O–H groups in total. The number of halogens is 2. The number of aromatic nitrogens is 3. The molecule has 2 heterocycles. The molecule has 0 aromatic carbocycles. The summed E-state index contributed by atoms with van der Waals surface area (Å²) >= 11 is 0. The van der Waals surface area contributed by atoms with E-state index in [2.05, 4.69) is 10.1 Å². The highest BCUT2D eigenvalue weighted by atomic mass is 19.3. The van der Waals surface area contributed by atoms with E-state index in [0.29, 0.717) is 11.4 Å². The molecule has 0 fully saturated rings. The summed E-state index contributed by atoms with van der Waals surface area (Å²) in [5.74, 6) is 0. The molecule has 2 aromatic rings. The molecule has 0 amide bonds. The lowest BCUT2D eigenvalue weighted by molar-refractivity contribution is 0.145. The van der Waals surface area contributed by atoms with E-state index < -0.39 is 6.43 Å². The molecular weight excluding hydrogens is 236 g/mol. The van der Waals surface area contributed by atoms with Crippen molar-refractivity contribution in [2.75, 3.05) is 0 Å². The fourth-order valence-electron chi connectivity index (χ4n) is 1.52. The van der Waals surface area contributed by atoms with Crippen LogP contribution in [0.15, 0.2) is 24.5 Å². The van der Waals surface area contributed by atoms with Crippen LogP contribution in [0.4, 0.5) is 8.78 Å². The second-order valence-electron chi connectivity index (χ2n) is 3.64. The largest absolute Gasteiger partial charge is 0.282 e. The van der Waals surface area contributed by atoms with Gasteiger partial charge in [0, 0.05) is 11.9 Å². The Morgan fingerprint density at radius 2 is 1.78 bits per heavy atom. The number of pyridine rings is 1. The summed E-state index contributed by atoms with van der Waals surface area (Å²) in [5.41, 5.74) is 2.12. The summed E-state index contributed by atoms with van der Waals surface area (Å²) in [6.45, 7) is 7.63. The molecule has 0 spiro atoms. The molecule has 98 valence electrons. The number of hydrogen-bond donors (Lipinski definition) is 0. The van der Waals surface area contributed by atoms with Crippen LogP contribution < -0.4 is 0 Å². The molecule has 2 aromatic heterocycles. The van der Waals surface area contributed by atoms with Crippen molar-refractivity contribution in [1.82, 2.24) is 14.8 Å². The number of nitrogens with zero attached hydrogens (tertiary/aromatic N) is 3. The lowest BCUT2D eigenvalue weighted by atomic mass is 10.3. The molecule has 0 saturated carbocycles. The highest BCUT2D eigenvalue weighted by Crippen LogP contribution is 2.20. The Morgan fingerprint density at radius 3 is 2.28 bits per heavy atom. The highest BCUT2D eigenvalue weighted by molar-refractivity contribution is 5.33. The molecule has 0 aliphatic heterocycles. The number of alkyl halides is 2. The van der Waals surface area contributed by atoms with Crippen molar-refractivity contribution in [3.8, 4) is 5.69 Å². The van der Waals surface area contributed by atoms with Gasteiger partial charge in [-0.2, -0.15) is 5.10 Å². The van der Waals surface area contributed by atoms with Crippen molar-refractivity contribution in [1.29, 1.82) is 0 Å². The van der Waals surface area contributed by atoms with E-state index in [1.54, 1.807) is 19.3 Å². The van der Waals surface area contributed by atoms with Gasteiger partial charge in [0.15, 0.2) is 0 Å². The van der Waals surface area contributed by atoms with Crippen molar-refractivity contribution in [2.24, 2.45) is 0 Å². The van der Waals surface area contributed by atoms with Crippen LogP contribution in [0.3, 0.4) is 0 Å². The Balaban J connectivity index is 0.000000771. The molecule has 0 radical (unpaired) electrons. The van der Waals surface area contributed by atoms with E-state index in [4.69, 9.17) is 0 Å². The summed E-state index contributed by atoms with van der Waals surface area (Å²) < 4.78 is 26.4. The molecule has 0 unspecified atom stereocenters. The van der Waals surface area contributed by atoms with Gasteiger partial charge in [0.1, 0.15) is 5.69 Å². The maximum atomic E-state index is 12.5. The third kappa shape index (κ3) is 3.12. The van der Waals surface area contributed by atoms with E-state index >= 15 is 0 Å². The lowest BCUT2D eigenvalue weighted by Gasteiger charge is -2.03. The third-order valence-electron chi connectivity index (χ3n) is 2.24. The van der Waals surface area contributed by atoms with Crippen LogP contribution in [0.5, 0.6) is 0 Å². The molecule has 2 rings (SSSR count). The van der Waals surface area contributed by atoms with Crippen molar-refractivity contribution in [3.63, 3.8) is 0 Å². The van der Waals surface area contributed by atoms with Crippen molar-refractivity contribution >= 4 is 0 Å². The summed E-state index contributed by atoms with van der Waals surface area (Å²) in [6, 6.07) is 3.23. The van der Waals surface area contributed by atoms with Gasteiger partial charge in [-0.3, -0.25) is 4.98 Å². The maximum absolute atomic E-state index is 12.5. The summed E-state index contributed by atoms with van der Waals surface area (Å²) in [7, 11) is 0. The fraction of sp³-hybridized carbons (Fsp3) is 0.385. The first-order valence-corrected chi connectivity index (χ1v) is 5.84. The highest BCUT2D eigenvalue weighted by Gasteiger charge is 2.14. The van der Waals surface area contributed by atoms with Crippen LogP contribution in [-0.2, 0) is 0 Å². The number of aryl methyl sites for hydroxylation is 2. The van der Waals surface area contributed by atoms with Gasteiger partial charge >= 0.3 is 0 Å². The molecule has 0 atom stereocenters. The minimum atomic E-state index is -2.54. The maximum Gasteiger partial charge on any atom is 0.282 e. The molecule has 0 saturated heterocycles. The van der Waals surface area contributed by atoms with E-state index in [1.165, 1.54) is 10.7 Å². The summed E-state index contributed by atoms with van der Waals surface area (Å²) in [4.78, 5) is 4.01. The molecule has 0 bridgehead atoms. The van der Waals surface area contributed by atoms with Gasteiger partial charge in [-0.05, 0) is 31.5 Å².